The molecule has 0 unspecified atom stereocenters. The van der Waals surface area contributed by atoms with Gasteiger partial charge in [0, 0.05) is 32.1 Å². The summed E-state index contributed by atoms with van der Waals surface area (Å²) in [4.78, 5) is 10.6. The number of hydrogen-bond acceptors (Lipinski definition) is 4. The maximum atomic E-state index is 14.0. The van der Waals surface area contributed by atoms with Crippen LogP contribution < -0.4 is 16.4 Å². The van der Waals surface area contributed by atoms with E-state index in [0.29, 0.717) is 18.7 Å². The Hall–Kier alpha value is -2.15. The van der Waals surface area contributed by atoms with Gasteiger partial charge in [-0.15, -0.1) is 0 Å². The lowest BCUT2D eigenvalue weighted by atomic mass is 10.1. The average molecular weight is 268 g/mol. The van der Waals surface area contributed by atoms with E-state index in [1.807, 2.05) is 0 Å². The smallest absolute Gasteiger partial charge is 0.216 e. The molecule has 1 aromatic rings. The molecule has 7 heteroatoms. The second-order valence-electron chi connectivity index (χ2n) is 3.92. The zero-order chi connectivity index (χ0) is 14.3. The molecule has 5 N–H and O–H groups in total. The molecule has 6 nitrogen and oxygen atoms in total. The van der Waals surface area contributed by atoms with Crippen LogP contribution in [0.2, 0.25) is 0 Å². The van der Waals surface area contributed by atoms with Gasteiger partial charge >= 0.3 is 0 Å². The summed E-state index contributed by atoms with van der Waals surface area (Å²) in [5, 5.41) is 16.9. The number of benzene rings is 1. The first-order valence-electron chi connectivity index (χ1n) is 5.76. The van der Waals surface area contributed by atoms with Gasteiger partial charge in [0.15, 0.2) is 5.84 Å². The first kappa shape index (κ1) is 14.9. The third-order valence-corrected chi connectivity index (χ3v) is 2.45. The second-order valence-corrected chi connectivity index (χ2v) is 3.92. The normalized spacial score (nSPS) is 11.4. The summed E-state index contributed by atoms with van der Waals surface area (Å²) >= 11 is 0. The molecule has 19 heavy (non-hydrogen) atoms. The summed E-state index contributed by atoms with van der Waals surface area (Å²) in [6.45, 7) is 2.71. The van der Waals surface area contributed by atoms with Crippen LogP contribution in [0, 0.1) is 5.82 Å². The molecule has 0 bridgehead atoms. The number of rotatable bonds is 6. The Labute approximate surface area is 110 Å². The lowest BCUT2D eigenvalue weighted by Gasteiger charge is -2.09. The molecule has 0 saturated carbocycles. The molecule has 0 heterocycles. The fourth-order valence-corrected chi connectivity index (χ4v) is 1.52. The fourth-order valence-electron chi connectivity index (χ4n) is 1.52. The Morgan fingerprint density at radius 2 is 2.21 bits per heavy atom. The lowest BCUT2D eigenvalue weighted by Crippen LogP contribution is -2.30. The molecule has 0 aliphatic carbocycles. The molecule has 1 aromatic carbocycles. The highest BCUT2D eigenvalue weighted by atomic mass is 19.1. The van der Waals surface area contributed by atoms with Crippen LogP contribution in [0.4, 0.5) is 4.39 Å². The van der Waals surface area contributed by atoms with Crippen LogP contribution in [0.25, 0.3) is 0 Å². The third kappa shape index (κ3) is 4.55. The van der Waals surface area contributed by atoms with Crippen molar-refractivity contribution in [2.24, 2.45) is 10.9 Å². The Morgan fingerprint density at radius 3 is 2.84 bits per heavy atom. The van der Waals surface area contributed by atoms with Crippen molar-refractivity contribution in [3.05, 3.63) is 35.1 Å². The number of carbonyl (C=O) groups excluding carboxylic acids is 1. The third-order valence-electron chi connectivity index (χ3n) is 2.45. The summed E-state index contributed by atoms with van der Waals surface area (Å²) in [6, 6.07) is 4.67. The van der Waals surface area contributed by atoms with Gasteiger partial charge in [0.1, 0.15) is 5.82 Å². The van der Waals surface area contributed by atoms with E-state index in [0.717, 1.165) is 0 Å². The van der Waals surface area contributed by atoms with Crippen molar-refractivity contribution in [1.29, 1.82) is 0 Å². The van der Waals surface area contributed by atoms with Crippen LogP contribution in [0.5, 0.6) is 0 Å². The number of nitrogens with two attached hydrogens (primary N) is 1. The number of hydrogen-bond donors (Lipinski definition) is 4. The van der Waals surface area contributed by atoms with Crippen LogP contribution in [0.1, 0.15) is 18.1 Å². The average Bonchev–Trinajstić information content (AvgIpc) is 2.39. The zero-order valence-corrected chi connectivity index (χ0v) is 10.6. The Balaban J connectivity index is 2.57. The number of nitrogens with one attached hydrogen (secondary N) is 2. The SMILES string of the molecule is CC(=O)NCCNCc1cccc(/C(N)=N/O)c1F. The lowest BCUT2D eigenvalue weighted by molar-refractivity contribution is -0.118. The monoisotopic (exact) mass is 268 g/mol. The van der Waals surface area contributed by atoms with Crippen molar-refractivity contribution in [2.45, 2.75) is 13.5 Å². The Kier molecular flexibility index (Phi) is 5.74. The highest BCUT2D eigenvalue weighted by molar-refractivity contribution is 5.97. The van der Waals surface area contributed by atoms with E-state index in [1.54, 1.807) is 12.1 Å². The molecular weight excluding hydrogens is 251 g/mol. The van der Waals surface area contributed by atoms with E-state index < -0.39 is 5.82 Å². The van der Waals surface area contributed by atoms with E-state index in [4.69, 9.17) is 10.9 Å². The minimum atomic E-state index is -0.523. The van der Waals surface area contributed by atoms with Gasteiger partial charge in [-0.2, -0.15) is 0 Å². The topological polar surface area (TPSA) is 99.7 Å². The number of oxime groups is 1. The second kappa shape index (κ2) is 7.32. The van der Waals surface area contributed by atoms with Crippen LogP contribution in [-0.2, 0) is 11.3 Å². The Morgan fingerprint density at radius 1 is 1.47 bits per heavy atom. The standard InChI is InChI=1S/C12H17FN4O2/c1-8(18)16-6-5-15-7-9-3-2-4-10(11(9)13)12(14)17-19/h2-4,15,19H,5-7H2,1H3,(H2,14,17)(H,16,18). The molecule has 0 atom stereocenters. The quantitative estimate of drug-likeness (QED) is 0.194. The molecule has 0 saturated heterocycles. The maximum absolute atomic E-state index is 14.0. The number of carbonyl (C=O) groups is 1. The van der Waals surface area contributed by atoms with E-state index >= 15 is 0 Å². The van der Waals surface area contributed by atoms with Crippen molar-refractivity contribution < 1.29 is 14.4 Å². The largest absolute Gasteiger partial charge is 0.409 e. The van der Waals surface area contributed by atoms with Gasteiger partial charge in [-0.25, -0.2) is 4.39 Å². The highest BCUT2D eigenvalue weighted by Crippen LogP contribution is 2.12. The van der Waals surface area contributed by atoms with Gasteiger partial charge in [0.05, 0.1) is 5.56 Å². The molecule has 0 aliphatic rings. The van der Waals surface area contributed by atoms with E-state index in [1.165, 1.54) is 13.0 Å². The molecule has 0 fully saturated rings. The molecule has 0 aliphatic heterocycles. The zero-order valence-electron chi connectivity index (χ0n) is 10.6. The van der Waals surface area contributed by atoms with Crippen LogP contribution in [-0.4, -0.2) is 30.0 Å². The minimum absolute atomic E-state index is 0.0589. The molecule has 0 spiro atoms. The van der Waals surface area contributed by atoms with Crippen LogP contribution >= 0.6 is 0 Å². The minimum Gasteiger partial charge on any atom is -0.409 e. The van der Waals surface area contributed by atoms with Gasteiger partial charge < -0.3 is 21.6 Å². The van der Waals surface area contributed by atoms with Gasteiger partial charge in [0.2, 0.25) is 5.91 Å². The summed E-state index contributed by atoms with van der Waals surface area (Å²) < 4.78 is 14.0. The number of halogens is 1. The molecule has 0 aromatic heterocycles. The fraction of sp³-hybridized carbons (Fsp3) is 0.333. The predicted octanol–water partition coefficient (Wildman–Crippen LogP) is 0.146. The first-order valence-corrected chi connectivity index (χ1v) is 5.76. The van der Waals surface area contributed by atoms with E-state index in [-0.39, 0.29) is 23.9 Å². The van der Waals surface area contributed by atoms with Gasteiger partial charge in [0.25, 0.3) is 0 Å². The van der Waals surface area contributed by atoms with Crippen molar-refractivity contribution in [1.82, 2.24) is 10.6 Å². The first-order chi connectivity index (χ1) is 9.06. The Bertz CT molecular complexity index is 477. The molecule has 0 radical (unpaired) electrons. The molecule has 104 valence electrons. The van der Waals surface area contributed by atoms with Gasteiger partial charge in [-0.1, -0.05) is 17.3 Å². The number of nitrogens with zero attached hydrogens (tertiary/aromatic N) is 1. The number of amidine groups is 1. The van der Waals surface area contributed by atoms with Crippen molar-refractivity contribution in [3.8, 4) is 0 Å². The van der Waals surface area contributed by atoms with Crippen molar-refractivity contribution in [2.75, 3.05) is 13.1 Å². The van der Waals surface area contributed by atoms with Gasteiger partial charge in [-0.05, 0) is 6.07 Å². The van der Waals surface area contributed by atoms with Crippen molar-refractivity contribution >= 4 is 11.7 Å². The maximum Gasteiger partial charge on any atom is 0.216 e. The molecule has 1 amide bonds. The summed E-state index contributed by atoms with van der Waals surface area (Å²) in [5.41, 5.74) is 5.83. The molecule has 1 rings (SSSR count). The predicted molar refractivity (Wildman–Crippen MR) is 69.3 cm³/mol. The van der Waals surface area contributed by atoms with Gasteiger partial charge in [-0.3, -0.25) is 4.79 Å². The van der Waals surface area contributed by atoms with E-state index in [9.17, 15) is 9.18 Å². The molecular formula is C12H17FN4O2. The van der Waals surface area contributed by atoms with E-state index in [2.05, 4.69) is 15.8 Å². The number of amides is 1. The summed E-state index contributed by atoms with van der Waals surface area (Å²) in [6.07, 6.45) is 0. The highest BCUT2D eigenvalue weighted by Gasteiger charge is 2.10. The van der Waals surface area contributed by atoms with Crippen LogP contribution in [0.3, 0.4) is 0 Å². The summed E-state index contributed by atoms with van der Waals surface area (Å²) in [7, 11) is 0. The van der Waals surface area contributed by atoms with Crippen LogP contribution in [0.15, 0.2) is 23.4 Å². The van der Waals surface area contributed by atoms with Crippen molar-refractivity contribution in [3.63, 3.8) is 0 Å². The summed E-state index contributed by atoms with van der Waals surface area (Å²) in [5.74, 6) is -0.899.